The molecule has 1 fully saturated rings. The summed E-state index contributed by atoms with van der Waals surface area (Å²) in [4.78, 5) is 24.5. The molecule has 8 heteroatoms. The fourth-order valence-corrected chi connectivity index (χ4v) is 5.17. The number of anilines is 1. The third-order valence-corrected chi connectivity index (χ3v) is 6.84. The first-order valence-electron chi connectivity index (χ1n) is 11.4. The fraction of sp³-hybridized carbons (Fsp3) is 0.400. The third-order valence-electron chi connectivity index (χ3n) is 6.84. The first kappa shape index (κ1) is 21.3. The Morgan fingerprint density at radius 2 is 2.03 bits per heavy atom. The molecule has 2 N–H and O–H groups in total. The molecule has 33 heavy (non-hydrogen) atoms. The quantitative estimate of drug-likeness (QED) is 0.621. The van der Waals surface area contributed by atoms with Gasteiger partial charge in [0.2, 0.25) is 0 Å². The molecule has 0 bridgehead atoms. The highest BCUT2D eigenvalue weighted by Gasteiger charge is 2.33. The van der Waals surface area contributed by atoms with Gasteiger partial charge in [-0.2, -0.15) is 5.26 Å². The second-order valence-corrected chi connectivity index (χ2v) is 8.67. The minimum atomic E-state index is -0.878. The van der Waals surface area contributed by atoms with E-state index in [4.69, 9.17) is 9.72 Å². The van der Waals surface area contributed by atoms with Crippen molar-refractivity contribution in [2.75, 3.05) is 38.2 Å². The number of nitrogens with one attached hydrogen (secondary N) is 1. The van der Waals surface area contributed by atoms with E-state index in [2.05, 4.69) is 16.0 Å². The molecule has 170 valence electrons. The Balaban J connectivity index is 1.39. The van der Waals surface area contributed by atoms with E-state index in [1.165, 1.54) is 5.56 Å². The summed E-state index contributed by atoms with van der Waals surface area (Å²) < 4.78 is 5.42. The van der Waals surface area contributed by atoms with Crippen molar-refractivity contribution in [2.45, 2.75) is 31.7 Å². The number of aromatic nitrogens is 2. The number of nitriles is 1. The van der Waals surface area contributed by atoms with Gasteiger partial charge in [0, 0.05) is 49.0 Å². The van der Waals surface area contributed by atoms with E-state index in [1.54, 1.807) is 13.3 Å². The van der Waals surface area contributed by atoms with Crippen LogP contribution in [0.4, 0.5) is 5.82 Å². The van der Waals surface area contributed by atoms with Gasteiger partial charge in [0.25, 0.3) is 0 Å². The first-order chi connectivity index (χ1) is 16.1. The zero-order valence-electron chi connectivity index (χ0n) is 18.7. The number of rotatable bonds is 5. The van der Waals surface area contributed by atoms with Crippen LogP contribution in [-0.2, 0) is 17.6 Å². The molecule has 1 aliphatic carbocycles. The molecule has 1 saturated heterocycles. The number of ether oxygens (including phenoxy) is 1. The molecule has 2 aromatic heterocycles. The number of carbonyl (C=O) groups is 1. The number of para-hydroxylation sites is 1. The van der Waals surface area contributed by atoms with Gasteiger partial charge in [-0.1, -0.05) is 12.1 Å². The normalized spacial score (nSPS) is 17.4. The van der Waals surface area contributed by atoms with Crippen LogP contribution in [0.3, 0.4) is 0 Å². The van der Waals surface area contributed by atoms with Crippen molar-refractivity contribution in [1.82, 2.24) is 14.9 Å². The highest BCUT2D eigenvalue weighted by molar-refractivity contribution is 5.92. The Morgan fingerprint density at radius 3 is 2.76 bits per heavy atom. The maximum absolute atomic E-state index is 12.4. The number of carboxylic acid groups (broad SMARTS) is 1. The second kappa shape index (κ2) is 8.75. The summed E-state index contributed by atoms with van der Waals surface area (Å²) >= 11 is 0. The molecule has 1 aliphatic heterocycles. The van der Waals surface area contributed by atoms with Crippen molar-refractivity contribution in [1.29, 1.82) is 5.26 Å². The molecule has 0 radical (unpaired) electrons. The largest absolute Gasteiger partial charge is 0.495 e. The minimum Gasteiger partial charge on any atom is -0.495 e. The van der Waals surface area contributed by atoms with Crippen molar-refractivity contribution >= 4 is 22.7 Å². The molecule has 0 amide bonds. The number of fused-ring (bicyclic) bond motifs is 2. The SMILES string of the molecule is COc1cccc2c([C@@H](C(=O)O)N3CCN(c4nc5c(cc4C#N)CCCC5)CC3)c[nH]c12. The highest BCUT2D eigenvalue weighted by Crippen LogP contribution is 2.34. The van der Waals surface area contributed by atoms with Gasteiger partial charge in [0.05, 0.1) is 18.2 Å². The van der Waals surface area contributed by atoms with Crippen LogP contribution >= 0.6 is 0 Å². The predicted molar refractivity (Wildman–Crippen MR) is 125 cm³/mol. The Bertz CT molecular complexity index is 1240. The van der Waals surface area contributed by atoms with Crippen LogP contribution in [-0.4, -0.2) is 59.2 Å². The molecule has 3 aromatic rings. The number of methoxy groups -OCH3 is 1. The van der Waals surface area contributed by atoms with E-state index >= 15 is 0 Å². The van der Waals surface area contributed by atoms with Gasteiger partial charge in [-0.3, -0.25) is 9.69 Å². The van der Waals surface area contributed by atoms with Crippen molar-refractivity contribution in [3.8, 4) is 11.8 Å². The number of nitrogens with zero attached hydrogens (tertiary/aromatic N) is 4. The van der Waals surface area contributed by atoms with Gasteiger partial charge in [-0.15, -0.1) is 0 Å². The van der Waals surface area contributed by atoms with E-state index in [0.717, 1.165) is 53.7 Å². The van der Waals surface area contributed by atoms with Gasteiger partial charge in [0.1, 0.15) is 23.7 Å². The standard InChI is InChI=1S/C25H27N5O3/c1-33-21-8-4-6-18-19(15-27-22(18)21)23(25(31)32)29-9-11-30(12-10-29)24-17(14-26)13-16-5-2-3-7-20(16)28-24/h4,6,8,13,15,23,27H,2-3,5,7,9-12H2,1H3,(H,31,32)/t23-/m0/s1. The van der Waals surface area contributed by atoms with E-state index in [0.29, 0.717) is 37.5 Å². The zero-order chi connectivity index (χ0) is 22.9. The van der Waals surface area contributed by atoms with Gasteiger partial charge in [0.15, 0.2) is 0 Å². The first-order valence-corrected chi connectivity index (χ1v) is 11.4. The maximum Gasteiger partial charge on any atom is 0.325 e. The Morgan fingerprint density at radius 1 is 1.24 bits per heavy atom. The predicted octanol–water partition coefficient (Wildman–Crippen LogP) is 3.27. The van der Waals surface area contributed by atoms with Crippen molar-refractivity contribution in [3.05, 3.63) is 52.8 Å². The Kier molecular flexibility index (Phi) is 5.65. The smallest absolute Gasteiger partial charge is 0.325 e. The van der Waals surface area contributed by atoms with Crippen molar-refractivity contribution < 1.29 is 14.6 Å². The zero-order valence-corrected chi connectivity index (χ0v) is 18.7. The van der Waals surface area contributed by atoms with E-state index in [-0.39, 0.29) is 0 Å². The molecule has 3 heterocycles. The average Bonchev–Trinajstić information content (AvgIpc) is 3.27. The number of hydrogen-bond acceptors (Lipinski definition) is 6. The monoisotopic (exact) mass is 445 g/mol. The summed E-state index contributed by atoms with van der Waals surface area (Å²) in [6.45, 7) is 2.38. The van der Waals surface area contributed by atoms with Crippen LogP contribution < -0.4 is 9.64 Å². The molecule has 8 nitrogen and oxygen atoms in total. The van der Waals surface area contributed by atoms with Crippen LogP contribution in [0.1, 0.15) is 41.3 Å². The number of pyridine rings is 1. The molecule has 1 atom stereocenters. The molecular formula is C25H27N5O3. The molecule has 1 aromatic carbocycles. The Hall–Kier alpha value is -3.57. The number of hydrogen-bond donors (Lipinski definition) is 2. The molecule has 0 unspecified atom stereocenters. The lowest BCUT2D eigenvalue weighted by molar-refractivity contribution is -0.143. The van der Waals surface area contributed by atoms with Crippen molar-refractivity contribution in [2.24, 2.45) is 0 Å². The molecule has 2 aliphatic rings. The van der Waals surface area contributed by atoms with Gasteiger partial charge in [-0.25, -0.2) is 4.98 Å². The summed E-state index contributed by atoms with van der Waals surface area (Å²) in [5, 5.41) is 20.7. The summed E-state index contributed by atoms with van der Waals surface area (Å²) in [6, 6.07) is 9.21. The van der Waals surface area contributed by atoms with Crippen LogP contribution in [0.5, 0.6) is 5.75 Å². The lowest BCUT2D eigenvalue weighted by atomic mass is 9.94. The van der Waals surface area contributed by atoms with E-state index in [9.17, 15) is 15.2 Å². The van der Waals surface area contributed by atoms with Gasteiger partial charge in [-0.05, 0) is 43.4 Å². The fourth-order valence-electron chi connectivity index (χ4n) is 5.17. The summed E-state index contributed by atoms with van der Waals surface area (Å²) in [5.41, 5.74) is 4.45. The number of aromatic amines is 1. The van der Waals surface area contributed by atoms with Gasteiger partial charge < -0.3 is 19.7 Å². The van der Waals surface area contributed by atoms with Crippen molar-refractivity contribution in [3.63, 3.8) is 0 Å². The highest BCUT2D eigenvalue weighted by atomic mass is 16.5. The second-order valence-electron chi connectivity index (χ2n) is 8.67. The van der Waals surface area contributed by atoms with Crippen LogP contribution in [0.25, 0.3) is 10.9 Å². The maximum atomic E-state index is 12.4. The third kappa shape index (κ3) is 3.79. The molecular weight excluding hydrogens is 418 g/mol. The summed E-state index contributed by atoms with van der Waals surface area (Å²) in [6.07, 6.45) is 6.00. The minimum absolute atomic E-state index is 0.567. The number of carboxylic acids is 1. The van der Waals surface area contributed by atoms with Gasteiger partial charge >= 0.3 is 5.97 Å². The summed E-state index contributed by atoms with van der Waals surface area (Å²) in [5.74, 6) is 0.550. The Labute approximate surface area is 192 Å². The number of H-pyrrole nitrogens is 1. The summed E-state index contributed by atoms with van der Waals surface area (Å²) in [7, 11) is 1.60. The lowest BCUT2D eigenvalue weighted by Crippen LogP contribution is -2.49. The van der Waals surface area contributed by atoms with Crippen LogP contribution in [0, 0.1) is 11.3 Å². The lowest BCUT2D eigenvalue weighted by Gasteiger charge is -2.38. The number of benzene rings is 1. The van der Waals surface area contributed by atoms with Crippen LogP contribution in [0.15, 0.2) is 30.5 Å². The number of piperazine rings is 1. The number of aliphatic carboxylic acids is 1. The van der Waals surface area contributed by atoms with E-state index < -0.39 is 12.0 Å². The topological polar surface area (TPSA) is 105 Å². The van der Waals surface area contributed by atoms with E-state index in [1.807, 2.05) is 29.2 Å². The van der Waals surface area contributed by atoms with Crippen LogP contribution in [0.2, 0.25) is 0 Å². The molecule has 0 saturated carbocycles. The molecule has 0 spiro atoms. The molecule has 5 rings (SSSR count). The number of aryl methyl sites for hydroxylation is 2. The average molecular weight is 446 g/mol.